The number of fused-ring (bicyclic) bond motifs is 1. The summed E-state index contributed by atoms with van der Waals surface area (Å²) in [4.78, 5) is 42.8. The van der Waals surface area contributed by atoms with Crippen molar-refractivity contribution in [1.29, 1.82) is 0 Å². The molecule has 2 aliphatic rings. The second-order valence-corrected chi connectivity index (χ2v) is 9.86. The van der Waals surface area contributed by atoms with E-state index in [1.807, 2.05) is 17.5 Å². The second-order valence-electron chi connectivity index (χ2n) is 8.91. The predicted molar refractivity (Wildman–Crippen MR) is 116 cm³/mol. The number of thiophene rings is 1. The molecule has 2 atom stereocenters. The zero-order valence-corrected chi connectivity index (χ0v) is 18.5. The summed E-state index contributed by atoms with van der Waals surface area (Å²) in [6.07, 6.45) is 0.708. The predicted octanol–water partition coefficient (Wildman–Crippen LogP) is 3.69. The Morgan fingerprint density at radius 2 is 1.90 bits per heavy atom. The Labute approximate surface area is 180 Å². The number of amides is 2. The molecule has 2 heterocycles. The highest BCUT2D eigenvalue weighted by molar-refractivity contribution is 7.12. The number of benzene rings is 1. The average Bonchev–Trinajstić information content (AvgIpc) is 3.38. The van der Waals surface area contributed by atoms with Crippen LogP contribution in [0.25, 0.3) is 0 Å². The van der Waals surface area contributed by atoms with E-state index in [4.69, 9.17) is 4.74 Å². The number of hydrogen-bond donors (Lipinski definition) is 0. The van der Waals surface area contributed by atoms with Crippen molar-refractivity contribution in [1.82, 2.24) is 4.90 Å². The molecule has 1 aliphatic carbocycles. The number of methoxy groups -OCH3 is 1. The maximum absolute atomic E-state index is 13.5. The van der Waals surface area contributed by atoms with Gasteiger partial charge in [0.05, 0.1) is 28.7 Å². The van der Waals surface area contributed by atoms with Crippen LogP contribution in [0.5, 0.6) is 0 Å². The molecule has 0 unspecified atom stereocenters. The van der Waals surface area contributed by atoms with Crippen LogP contribution in [0.3, 0.4) is 0 Å². The van der Waals surface area contributed by atoms with E-state index in [-0.39, 0.29) is 29.1 Å². The van der Waals surface area contributed by atoms with E-state index < -0.39 is 5.41 Å². The van der Waals surface area contributed by atoms with Gasteiger partial charge in [-0.05, 0) is 41.3 Å². The molecule has 1 aromatic carbocycles. The number of para-hydroxylation sites is 1. The van der Waals surface area contributed by atoms with Crippen LogP contribution < -0.4 is 4.90 Å². The molecule has 2 fully saturated rings. The molecule has 7 heteroatoms. The number of ether oxygens (including phenoxy) is 1. The van der Waals surface area contributed by atoms with E-state index in [2.05, 4.69) is 13.8 Å². The van der Waals surface area contributed by atoms with Gasteiger partial charge in [-0.1, -0.05) is 32.0 Å². The van der Waals surface area contributed by atoms with Crippen LogP contribution >= 0.6 is 11.3 Å². The van der Waals surface area contributed by atoms with E-state index in [0.29, 0.717) is 35.6 Å². The maximum Gasteiger partial charge on any atom is 0.314 e. The van der Waals surface area contributed by atoms with Crippen molar-refractivity contribution < 1.29 is 19.1 Å². The van der Waals surface area contributed by atoms with Crippen LogP contribution in [0, 0.1) is 16.7 Å². The minimum absolute atomic E-state index is 0.0192. The van der Waals surface area contributed by atoms with E-state index in [1.165, 1.54) is 23.3 Å². The minimum atomic E-state index is -0.623. The van der Waals surface area contributed by atoms with Gasteiger partial charge in [-0.3, -0.25) is 14.4 Å². The number of likely N-dealkylation sites (tertiary alicyclic amines) is 1. The molecule has 0 N–H and O–H groups in total. The second kappa shape index (κ2) is 7.23. The topological polar surface area (TPSA) is 66.9 Å². The Morgan fingerprint density at radius 1 is 1.17 bits per heavy atom. The van der Waals surface area contributed by atoms with Crippen LogP contribution in [0.2, 0.25) is 0 Å². The molecule has 158 valence electrons. The molecule has 1 aliphatic heterocycles. The molecular formula is C23H26N2O4S. The minimum Gasteiger partial charge on any atom is -0.469 e. The zero-order valence-electron chi connectivity index (χ0n) is 17.7. The van der Waals surface area contributed by atoms with Crippen LogP contribution in [0.4, 0.5) is 5.69 Å². The van der Waals surface area contributed by atoms with Gasteiger partial charge in [-0.25, -0.2) is 0 Å². The quantitative estimate of drug-likeness (QED) is 0.700. The van der Waals surface area contributed by atoms with E-state index in [1.54, 1.807) is 36.2 Å². The van der Waals surface area contributed by atoms with Crippen LogP contribution in [0.1, 0.15) is 40.3 Å². The largest absolute Gasteiger partial charge is 0.469 e. The zero-order chi connectivity index (χ0) is 21.7. The number of rotatable bonds is 4. The first-order valence-corrected chi connectivity index (χ1v) is 10.9. The third-order valence-electron chi connectivity index (χ3n) is 6.67. The van der Waals surface area contributed by atoms with Gasteiger partial charge >= 0.3 is 5.97 Å². The summed E-state index contributed by atoms with van der Waals surface area (Å²) in [5.74, 6) is -0.483. The highest BCUT2D eigenvalue weighted by Crippen LogP contribution is 2.63. The highest BCUT2D eigenvalue weighted by Gasteiger charge is 2.68. The Morgan fingerprint density at radius 3 is 2.53 bits per heavy atom. The van der Waals surface area contributed by atoms with Crippen molar-refractivity contribution in [3.63, 3.8) is 0 Å². The van der Waals surface area contributed by atoms with Gasteiger partial charge in [0.15, 0.2) is 0 Å². The number of nitrogens with zero attached hydrogens (tertiary/aromatic N) is 2. The van der Waals surface area contributed by atoms with E-state index >= 15 is 0 Å². The monoisotopic (exact) mass is 426 g/mol. The molecule has 0 spiro atoms. The molecule has 2 aromatic rings. The maximum atomic E-state index is 13.5. The fourth-order valence-corrected chi connectivity index (χ4v) is 6.02. The molecule has 1 aromatic heterocycles. The summed E-state index contributed by atoms with van der Waals surface area (Å²) in [7, 11) is 3.09. The van der Waals surface area contributed by atoms with E-state index in [9.17, 15) is 14.4 Å². The van der Waals surface area contributed by atoms with Crippen molar-refractivity contribution in [3.05, 3.63) is 52.2 Å². The smallest absolute Gasteiger partial charge is 0.314 e. The third kappa shape index (κ3) is 3.03. The lowest BCUT2D eigenvalue weighted by molar-refractivity contribution is -0.174. The van der Waals surface area contributed by atoms with Gasteiger partial charge in [0.2, 0.25) is 0 Å². The average molecular weight is 427 g/mol. The summed E-state index contributed by atoms with van der Waals surface area (Å²) in [6.45, 7) is 5.13. The number of anilines is 1. The van der Waals surface area contributed by atoms with Gasteiger partial charge in [0.25, 0.3) is 11.8 Å². The SMILES string of the molecule is COC(=O)[C@@]12CN(C(=O)c3ccccc3N(C)C(=O)c3cccs3)C[C@@H]1C(C)(C)C2. The summed E-state index contributed by atoms with van der Waals surface area (Å²) in [5, 5.41) is 1.85. The summed E-state index contributed by atoms with van der Waals surface area (Å²) in [6, 6.07) is 10.7. The van der Waals surface area contributed by atoms with Crippen molar-refractivity contribution in [2.75, 3.05) is 32.1 Å². The summed E-state index contributed by atoms with van der Waals surface area (Å²) < 4.78 is 5.09. The van der Waals surface area contributed by atoms with E-state index in [0.717, 1.165) is 0 Å². The lowest BCUT2D eigenvalue weighted by atomic mass is 9.48. The van der Waals surface area contributed by atoms with Gasteiger partial charge in [0.1, 0.15) is 0 Å². The molecule has 1 saturated carbocycles. The van der Waals surface area contributed by atoms with Crippen molar-refractivity contribution in [2.45, 2.75) is 20.3 Å². The van der Waals surface area contributed by atoms with Gasteiger partial charge in [-0.15, -0.1) is 11.3 Å². The standard InChI is InChI=1S/C23H26N2O4S/c1-22(2)13-23(21(28)29-4)14-25(12-18(22)23)19(26)15-8-5-6-9-16(15)24(3)20(27)17-10-7-11-30-17/h5-11,18H,12-14H2,1-4H3/t18-,23+/m1/s1. The van der Waals surface area contributed by atoms with Crippen LogP contribution in [-0.4, -0.2) is 49.9 Å². The summed E-state index contributed by atoms with van der Waals surface area (Å²) in [5.41, 5.74) is 0.381. The molecule has 30 heavy (non-hydrogen) atoms. The highest BCUT2D eigenvalue weighted by atomic mass is 32.1. The normalized spacial score (nSPS) is 24.0. The van der Waals surface area contributed by atoms with Crippen molar-refractivity contribution in [3.8, 4) is 0 Å². The molecule has 2 amide bonds. The molecule has 0 radical (unpaired) electrons. The van der Waals surface area contributed by atoms with Gasteiger partial charge in [-0.2, -0.15) is 0 Å². The van der Waals surface area contributed by atoms with Crippen LogP contribution in [-0.2, 0) is 9.53 Å². The molecule has 1 saturated heterocycles. The van der Waals surface area contributed by atoms with Crippen LogP contribution in [0.15, 0.2) is 41.8 Å². The number of esters is 1. The van der Waals surface area contributed by atoms with Crippen molar-refractivity contribution in [2.24, 2.45) is 16.7 Å². The first kappa shape index (κ1) is 20.6. The molecule has 6 nitrogen and oxygen atoms in total. The number of hydrogen-bond acceptors (Lipinski definition) is 5. The fourth-order valence-electron chi connectivity index (χ4n) is 5.32. The lowest BCUT2D eigenvalue weighted by Crippen LogP contribution is -2.57. The first-order chi connectivity index (χ1) is 14.2. The number of carbonyl (C=O) groups excluding carboxylic acids is 3. The Balaban J connectivity index is 1.62. The third-order valence-corrected chi connectivity index (χ3v) is 7.53. The number of carbonyl (C=O) groups is 3. The Kier molecular flexibility index (Phi) is 4.97. The molecule has 4 rings (SSSR count). The Bertz CT molecular complexity index is 1000. The Hall–Kier alpha value is -2.67. The summed E-state index contributed by atoms with van der Waals surface area (Å²) >= 11 is 1.37. The van der Waals surface area contributed by atoms with Crippen molar-refractivity contribution >= 4 is 34.8 Å². The lowest BCUT2D eigenvalue weighted by Gasteiger charge is -2.54. The molecular weight excluding hydrogens is 400 g/mol. The fraction of sp³-hybridized carbons (Fsp3) is 0.435. The van der Waals surface area contributed by atoms with Gasteiger partial charge in [0, 0.05) is 20.1 Å². The molecule has 0 bridgehead atoms. The van der Waals surface area contributed by atoms with Gasteiger partial charge < -0.3 is 14.5 Å². The first-order valence-electron chi connectivity index (χ1n) is 9.99.